The van der Waals surface area contributed by atoms with Crippen LogP contribution in [0.1, 0.15) is 26.7 Å². The molecule has 0 aromatic carbocycles. The number of carbonyl (C=O) groups excluding carboxylic acids is 3. The predicted octanol–water partition coefficient (Wildman–Crippen LogP) is -0.343. The van der Waals surface area contributed by atoms with Crippen molar-refractivity contribution in [3.63, 3.8) is 0 Å². The Bertz CT molecular complexity index is 439. The van der Waals surface area contributed by atoms with Gasteiger partial charge in [-0.25, -0.2) is 9.59 Å². The highest BCUT2D eigenvalue weighted by Gasteiger charge is 2.41. The van der Waals surface area contributed by atoms with Gasteiger partial charge >= 0.3 is 23.9 Å². The van der Waals surface area contributed by atoms with Crippen molar-refractivity contribution in [1.82, 2.24) is 0 Å². The van der Waals surface area contributed by atoms with Crippen LogP contribution in [0.2, 0.25) is 0 Å². The zero-order valence-corrected chi connectivity index (χ0v) is 12.3. The molecular weight excluding hydrogens is 300 g/mol. The third-order valence-electron chi connectivity index (χ3n) is 2.77. The molecule has 1 rings (SSSR count). The monoisotopic (exact) mass is 318 g/mol. The van der Waals surface area contributed by atoms with Gasteiger partial charge in [-0.3, -0.25) is 9.59 Å². The molecule has 9 nitrogen and oxygen atoms in total. The van der Waals surface area contributed by atoms with Crippen LogP contribution in [-0.2, 0) is 38.1 Å². The number of esters is 3. The molecule has 0 aromatic rings. The summed E-state index contributed by atoms with van der Waals surface area (Å²) in [7, 11) is 0. The van der Waals surface area contributed by atoms with Crippen LogP contribution in [0.4, 0.5) is 0 Å². The molecule has 1 fully saturated rings. The highest BCUT2D eigenvalue weighted by molar-refractivity contribution is 5.88. The first kappa shape index (κ1) is 17.9. The van der Waals surface area contributed by atoms with E-state index in [4.69, 9.17) is 14.6 Å². The fraction of sp³-hybridized carbons (Fsp3) is 0.692. The van der Waals surface area contributed by atoms with Crippen LogP contribution in [0.15, 0.2) is 0 Å². The second-order valence-electron chi connectivity index (χ2n) is 4.66. The Morgan fingerprint density at radius 2 is 1.73 bits per heavy atom. The lowest BCUT2D eigenvalue weighted by Gasteiger charge is -2.22. The van der Waals surface area contributed by atoms with Gasteiger partial charge in [0.1, 0.15) is 6.61 Å². The van der Waals surface area contributed by atoms with Crippen molar-refractivity contribution < 1.29 is 43.2 Å². The van der Waals surface area contributed by atoms with Crippen LogP contribution in [0.5, 0.6) is 0 Å². The molecule has 0 aliphatic carbocycles. The van der Waals surface area contributed by atoms with E-state index < -0.39 is 36.1 Å². The number of rotatable bonds is 7. The molecule has 0 saturated carbocycles. The number of ether oxygens (including phenoxy) is 4. The van der Waals surface area contributed by atoms with Gasteiger partial charge in [0.05, 0.1) is 6.10 Å². The lowest BCUT2D eigenvalue weighted by atomic mass is 10.2. The first-order valence-corrected chi connectivity index (χ1v) is 6.66. The minimum absolute atomic E-state index is 0.0942. The van der Waals surface area contributed by atoms with E-state index in [0.29, 0.717) is 13.0 Å². The van der Waals surface area contributed by atoms with E-state index in [-0.39, 0.29) is 12.7 Å². The van der Waals surface area contributed by atoms with E-state index >= 15 is 0 Å². The first-order valence-electron chi connectivity index (χ1n) is 6.66. The van der Waals surface area contributed by atoms with Gasteiger partial charge in [0.25, 0.3) is 0 Å². The van der Waals surface area contributed by atoms with Crippen molar-refractivity contribution in [1.29, 1.82) is 0 Å². The van der Waals surface area contributed by atoms with Gasteiger partial charge in [-0.1, -0.05) is 0 Å². The number of hydrogen-bond acceptors (Lipinski definition) is 8. The first-order chi connectivity index (χ1) is 10.3. The van der Waals surface area contributed by atoms with Crippen LogP contribution in [0.3, 0.4) is 0 Å². The van der Waals surface area contributed by atoms with Crippen LogP contribution >= 0.6 is 0 Å². The number of aliphatic carboxylic acids is 1. The number of hydrogen-bond donors (Lipinski definition) is 1. The third kappa shape index (κ3) is 5.68. The summed E-state index contributed by atoms with van der Waals surface area (Å²) in [6, 6.07) is 0. The second-order valence-corrected chi connectivity index (χ2v) is 4.66. The summed E-state index contributed by atoms with van der Waals surface area (Å²) < 4.78 is 19.3. The van der Waals surface area contributed by atoms with E-state index in [0.717, 1.165) is 20.3 Å². The smallest absolute Gasteiger partial charge is 0.352 e. The summed E-state index contributed by atoms with van der Waals surface area (Å²) >= 11 is 0. The molecule has 0 bridgehead atoms. The Balaban J connectivity index is 2.74. The Morgan fingerprint density at radius 3 is 2.18 bits per heavy atom. The molecule has 0 unspecified atom stereocenters. The Labute approximate surface area is 126 Å². The van der Waals surface area contributed by atoms with Crippen molar-refractivity contribution >= 4 is 23.9 Å². The summed E-state index contributed by atoms with van der Waals surface area (Å²) in [4.78, 5) is 45.1. The standard InChI is InChI=1S/C13H18O9/c1-7(14)21-10(12(16)17)11(22-8(2)15)13(18)20-6-9-4-3-5-19-9/h9-11H,3-6H2,1-2H3,(H,16,17)/t9-,10+,11+/m0/s1. The lowest BCUT2D eigenvalue weighted by molar-refractivity contribution is -0.189. The average molecular weight is 318 g/mol. The third-order valence-corrected chi connectivity index (χ3v) is 2.77. The quantitative estimate of drug-likeness (QED) is 0.495. The SMILES string of the molecule is CC(=O)O[C@@H](C(=O)O)[C@@H](OC(C)=O)C(=O)OC[C@@H]1CCCO1. The minimum atomic E-state index is -1.97. The van der Waals surface area contributed by atoms with Crippen molar-refractivity contribution in [2.45, 2.75) is 45.0 Å². The Morgan fingerprint density at radius 1 is 1.14 bits per heavy atom. The van der Waals surface area contributed by atoms with Crippen LogP contribution in [0, 0.1) is 0 Å². The summed E-state index contributed by atoms with van der Waals surface area (Å²) in [6.07, 6.45) is -2.59. The maximum absolute atomic E-state index is 12.0. The average Bonchev–Trinajstić information content (AvgIpc) is 2.92. The zero-order chi connectivity index (χ0) is 16.7. The van der Waals surface area contributed by atoms with Gasteiger partial charge in [0.15, 0.2) is 0 Å². The molecule has 3 atom stereocenters. The van der Waals surface area contributed by atoms with Crippen LogP contribution < -0.4 is 0 Å². The molecule has 0 amide bonds. The fourth-order valence-electron chi connectivity index (χ4n) is 1.87. The number of carbonyl (C=O) groups is 4. The van der Waals surface area contributed by atoms with Gasteiger partial charge in [-0.15, -0.1) is 0 Å². The molecular formula is C13H18O9. The van der Waals surface area contributed by atoms with Crippen molar-refractivity contribution in [3.05, 3.63) is 0 Å². The van der Waals surface area contributed by atoms with Gasteiger partial charge in [-0.2, -0.15) is 0 Å². The largest absolute Gasteiger partial charge is 0.478 e. The summed E-state index contributed by atoms with van der Waals surface area (Å²) in [6.45, 7) is 2.43. The normalized spacial score (nSPS) is 19.8. The summed E-state index contributed by atoms with van der Waals surface area (Å²) in [5.74, 6) is -4.58. The van der Waals surface area contributed by atoms with Gasteiger partial charge < -0.3 is 24.1 Å². The van der Waals surface area contributed by atoms with E-state index in [1.807, 2.05) is 0 Å². The number of carboxylic acid groups (broad SMARTS) is 1. The maximum atomic E-state index is 12.0. The second kappa shape index (κ2) is 8.32. The van der Waals surface area contributed by atoms with Gasteiger partial charge in [0, 0.05) is 20.5 Å². The zero-order valence-electron chi connectivity index (χ0n) is 12.3. The van der Waals surface area contributed by atoms with Crippen LogP contribution in [0.25, 0.3) is 0 Å². The molecule has 1 N–H and O–H groups in total. The highest BCUT2D eigenvalue weighted by atomic mass is 16.6. The molecule has 9 heteroatoms. The molecule has 124 valence electrons. The number of carboxylic acids is 1. The molecule has 0 spiro atoms. The molecule has 1 aliphatic rings. The predicted molar refractivity (Wildman–Crippen MR) is 68.7 cm³/mol. The molecule has 1 heterocycles. The molecule has 1 aliphatic heterocycles. The van der Waals surface area contributed by atoms with E-state index in [2.05, 4.69) is 9.47 Å². The highest BCUT2D eigenvalue weighted by Crippen LogP contribution is 2.14. The summed E-state index contributed by atoms with van der Waals surface area (Å²) in [5.41, 5.74) is 0. The van der Waals surface area contributed by atoms with Crippen molar-refractivity contribution in [2.24, 2.45) is 0 Å². The molecule has 0 aromatic heterocycles. The lowest BCUT2D eigenvalue weighted by Crippen LogP contribution is -2.46. The van der Waals surface area contributed by atoms with E-state index in [1.54, 1.807) is 0 Å². The van der Waals surface area contributed by atoms with Crippen molar-refractivity contribution in [2.75, 3.05) is 13.2 Å². The van der Waals surface area contributed by atoms with Gasteiger partial charge in [0.2, 0.25) is 12.2 Å². The summed E-state index contributed by atoms with van der Waals surface area (Å²) in [5, 5.41) is 9.03. The fourth-order valence-corrected chi connectivity index (χ4v) is 1.87. The van der Waals surface area contributed by atoms with Crippen molar-refractivity contribution in [3.8, 4) is 0 Å². The Kier molecular flexibility index (Phi) is 6.77. The maximum Gasteiger partial charge on any atom is 0.352 e. The van der Waals surface area contributed by atoms with Gasteiger partial charge in [-0.05, 0) is 12.8 Å². The van der Waals surface area contributed by atoms with E-state index in [9.17, 15) is 19.2 Å². The molecule has 1 saturated heterocycles. The van der Waals surface area contributed by atoms with E-state index in [1.165, 1.54) is 0 Å². The topological polar surface area (TPSA) is 125 Å². The minimum Gasteiger partial charge on any atom is -0.478 e. The Hall–Kier alpha value is -2.16. The molecule has 0 radical (unpaired) electrons. The molecule has 22 heavy (non-hydrogen) atoms. The van der Waals surface area contributed by atoms with Crippen LogP contribution in [-0.4, -0.2) is 60.5 Å².